The summed E-state index contributed by atoms with van der Waals surface area (Å²) >= 11 is 0. The molecule has 0 spiro atoms. The molecule has 4 nitrogen and oxygen atoms in total. The summed E-state index contributed by atoms with van der Waals surface area (Å²) in [7, 11) is 0. The maximum absolute atomic E-state index is 13.4. The quantitative estimate of drug-likeness (QED) is 0.509. The molecule has 182 valence electrons. The van der Waals surface area contributed by atoms with Gasteiger partial charge in [-0.25, -0.2) is 4.39 Å². The highest BCUT2D eigenvalue weighted by atomic mass is 19.4. The molecule has 0 aliphatic carbocycles. The molecule has 1 N–H and O–H groups in total. The van der Waals surface area contributed by atoms with E-state index in [-0.39, 0.29) is 18.4 Å². The van der Waals surface area contributed by atoms with E-state index in [2.05, 4.69) is 27.2 Å². The molecule has 35 heavy (non-hydrogen) atoms. The average molecular weight is 484 g/mol. The van der Waals surface area contributed by atoms with Crippen LogP contribution in [0.15, 0.2) is 72.8 Å². The molecule has 2 aliphatic rings. The van der Waals surface area contributed by atoms with Crippen molar-refractivity contribution in [2.75, 3.05) is 29.9 Å². The van der Waals surface area contributed by atoms with E-state index in [4.69, 9.17) is 0 Å². The number of nitrogens with one attached hydrogen (secondary N) is 1. The fourth-order valence-electron chi connectivity index (χ4n) is 5.11. The Bertz CT molecular complexity index is 1200. The monoisotopic (exact) mass is 483 g/mol. The summed E-state index contributed by atoms with van der Waals surface area (Å²) in [6, 6.07) is 19.1. The zero-order valence-corrected chi connectivity index (χ0v) is 18.9. The highest BCUT2D eigenvalue weighted by Crippen LogP contribution is 2.40. The van der Waals surface area contributed by atoms with E-state index < -0.39 is 23.5 Å². The van der Waals surface area contributed by atoms with E-state index in [9.17, 15) is 22.4 Å². The molecule has 1 amide bonds. The molecule has 5 rings (SSSR count). The largest absolute Gasteiger partial charge is 0.416 e. The number of hydrogen-bond donors (Lipinski definition) is 1. The highest BCUT2D eigenvalue weighted by Gasteiger charge is 2.42. The van der Waals surface area contributed by atoms with E-state index in [1.54, 1.807) is 0 Å². The van der Waals surface area contributed by atoms with Gasteiger partial charge in [-0.05, 0) is 60.0 Å². The first kappa shape index (κ1) is 23.4. The van der Waals surface area contributed by atoms with E-state index in [0.29, 0.717) is 24.3 Å². The second kappa shape index (κ2) is 9.34. The zero-order valence-electron chi connectivity index (χ0n) is 18.9. The molecule has 0 radical (unpaired) electrons. The van der Waals surface area contributed by atoms with Crippen LogP contribution >= 0.6 is 0 Å². The average Bonchev–Trinajstić information content (AvgIpc) is 2.84. The SMILES string of the molecule is O=C(Nc1ccc(F)cc1)C1Cc2cc(C(F)(F)F)ccc2N2CCN(Cc3ccccc3)CC12. The Morgan fingerprint density at radius 3 is 2.43 bits per heavy atom. The Morgan fingerprint density at radius 1 is 0.971 bits per heavy atom. The molecule has 8 heteroatoms. The van der Waals surface area contributed by atoms with Crippen molar-refractivity contribution in [3.8, 4) is 0 Å². The Morgan fingerprint density at radius 2 is 1.71 bits per heavy atom. The van der Waals surface area contributed by atoms with Gasteiger partial charge in [0.05, 0.1) is 17.5 Å². The number of benzene rings is 3. The number of alkyl halides is 3. The second-order valence-electron chi connectivity index (χ2n) is 9.13. The van der Waals surface area contributed by atoms with E-state index in [1.165, 1.54) is 42.0 Å². The number of hydrogen-bond acceptors (Lipinski definition) is 3. The molecule has 0 bridgehead atoms. The van der Waals surface area contributed by atoms with Crippen LogP contribution in [0.25, 0.3) is 0 Å². The van der Waals surface area contributed by atoms with Gasteiger partial charge in [-0.15, -0.1) is 0 Å². The van der Waals surface area contributed by atoms with Gasteiger partial charge in [-0.1, -0.05) is 30.3 Å². The molecule has 1 fully saturated rings. The Labute approximate surface area is 201 Å². The lowest BCUT2D eigenvalue weighted by molar-refractivity contribution is -0.137. The van der Waals surface area contributed by atoms with Crippen LogP contribution in [-0.4, -0.2) is 36.5 Å². The summed E-state index contributed by atoms with van der Waals surface area (Å²) in [4.78, 5) is 17.8. The van der Waals surface area contributed by atoms with Gasteiger partial charge in [0.1, 0.15) is 5.82 Å². The summed E-state index contributed by atoms with van der Waals surface area (Å²) in [5.74, 6) is -1.25. The number of piperazine rings is 1. The van der Waals surface area contributed by atoms with Crippen LogP contribution in [0.3, 0.4) is 0 Å². The van der Waals surface area contributed by atoms with Gasteiger partial charge in [0.2, 0.25) is 5.91 Å². The van der Waals surface area contributed by atoms with Crippen LogP contribution in [0.1, 0.15) is 16.7 Å². The van der Waals surface area contributed by atoms with Crippen molar-refractivity contribution in [1.29, 1.82) is 0 Å². The van der Waals surface area contributed by atoms with Crippen LogP contribution in [0.5, 0.6) is 0 Å². The number of halogens is 4. The van der Waals surface area contributed by atoms with Gasteiger partial charge in [0.15, 0.2) is 0 Å². The molecule has 3 aromatic carbocycles. The molecule has 2 heterocycles. The number of nitrogens with zero attached hydrogens (tertiary/aromatic N) is 2. The van der Waals surface area contributed by atoms with Gasteiger partial charge < -0.3 is 10.2 Å². The Balaban J connectivity index is 1.44. The predicted molar refractivity (Wildman–Crippen MR) is 127 cm³/mol. The number of carbonyl (C=O) groups excluding carboxylic acids is 1. The Kier molecular flexibility index (Phi) is 6.23. The summed E-state index contributed by atoms with van der Waals surface area (Å²) in [5.41, 5.74) is 2.18. The minimum absolute atomic E-state index is 0.197. The van der Waals surface area contributed by atoms with Gasteiger partial charge in [-0.3, -0.25) is 9.69 Å². The van der Waals surface area contributed by atoms with E-state index >= 15 is 0 Å². The van der Waals surface area contributed by atoms with Crippen LogP contribution in [0.4, 0.5) is 28.9 Å². The molecule has 2 aliphatic heterocycles. The maximum Gasteiger partial charge on any atom is 0.416 e. The van der Waals surface area contributed by atoms with Crippen molar-refractivity contribution >= 4 is 17.3 Å². The van der Waals surface area contributed by atoms with Crippen molar-refractivity contribution in [3.63, 3.8) is 0 Å². The van der Waals surface area contributed by atoms with Gasteiger partial charge in [-0.2, -0.15) is 13.2 Å². The van der Waals surface area contributed by atoms with Crippen LogP contribution in [0, 0.1) is 11.7 Å². The standard InChI is InChI=1S/C27H25F4N3O/c28-21-7-9-22(10-8-21)32-26(35)23-15-19-14-20(27(29,30)31)6-11-24(19)34-13-12-33(17-25(23)34)16-18-4-2-1-3-5-18/h1-11,14,23,25H,12-13,15-17H2,(H,32,35). The molecule has 0 saturated carbocycles. The molecule has 3 aromatic rings. The third-order valence-electron chi connectivity index (χ3n) is 6.82. The second-order valence-corrected chi connectivity index (χ2v) is 9.13. The molecular formula is C27H25F4N3O. The van der Waals surface area contributed by atoms with E-state index in [1.807, 2.05) is 18.2 Å². The maximum atomic E-state index is 13.4. The van der Waals surface area contributed by atoms with Gasteiger partial charge in [0.25, 0.3) is 0 Å². The van der Waals surface area contributed by atoms with Crippen LogP contribution < -0.4 is 10.2 Å². The summed E-state index contributed by atoms with van der Waals surface area (Å²) in [6.07, 6.45) is -4.25. The summed E-state index contributed by atoms with van der Waals surface area (Å²) < 4.78 is 53.5. The molecule has 1 saturated heterocycles. The first-order chi connectivity index (χ1) is 16.8. The fourth-order valence-corrected chi connectivity index (χ4v) is 5.11. The van der Waals surface area contributed by atoms with Crippen molar-refractivity contribution < 1.29 is 22.4 Å². The van der Waals surface area contributed by atoms with Gasteiger partial charge in [0, 0.05) is 37.6 Å². The number of carbonyl (C=O) groups is 1. The Hall–Kier alpha value is -3.39. The fraction of sp³-hybridized carbons (Fsp3) is 0.296. The number of rotatable bonds is 4. The molecule has 2 unspecified atom stereocenters. The normalized spacial score (nSPS) is 20.2. The minimum Gasteiger partial charge on any atom is -0.365 e. The smallest absolute Gasteiger partial charge is 0.365 e. The van der Waals surface area contributed by atoms with Crippen molar-refractivity contribution in [2.24, 2.45) is 5.92 Å². The molecule has 2 atom stereocenters. The minimum atomic E-state index is -4.45. The third kappa shape index (κ3) is 5.03. The lowest BCUT2D eigenvalue weighted by Gasteiger charge is -2.49. The van der Waals surface area contributed by atoms with Crippen LogP contribution in [0.2, 0.25) is 0 Å². The first-order valence-corrected chi connectivity index (χ1v) is 11.6. The van der Waals surface area contributed by atoms with Crippen LogP contribution in [-0.2, 0) is 23.9 Å². The van der Waals surface area contributed by atoms with E-state index in [0.717, 1.165) is 24.8 Å². The van der Waals surface area contributed by atoms with Crippen molar-refractivity contribution in [1.82, 2.24) is 4.90 Å². The lowest BCUT2D eigenvalue weighted by Crippen LogP contribution is -2.60. The van der Waals surface area contributed by atoms with Crippen molar-refractivity contribution in [3.05, 3.63) is 95.3 Å². The molecular weight excluding hydrogens is 458 g/mol. The number of fused-ring (bicyclic) bond motifs is 3. The number of anilines is 2. The predicted octanol–water partition coefficient (Wildman–Crippen LogP) is 5.35. The topological polar surface area (TPSA) is 35.6 Å². The third-order valence-corrected chi connectivity index (χ3v) is 6.82. The first-order valence-electron chi connectivity index (χ1n) is 11.6. The van der Waals surface area contributed by atoms with Gasteiger partial charge >= 0.3 is 6.18 Å². The number of amides is 1. The summed E-state index contributed by atoms with van der Waals surface area (Å²) in [6.45, 7) is 2.68. The van der Waals surface area contributed by atoms with Crippen molar-refractivity contribution in [2.45, 2.75) is 25.2 Å². The summed E-state index contributed by atoms with van der Waals surface area (Å²) in [5, 5.41) is 2.84. The zero-order chi connectivity index (χ0) is 24.6. The lowest BCUT2D eigenvalue weighted by atomic mass is 9.82. The highest BCUT2D eigenvalue weighted by molar-refractivity contribution is 5.94. The molecule has 0 aromatic heterocycles.